The van der Waals surface area contributed by atoms with Gasteiger partial charge in [-0.15, -0.1) is 0 Å². The summed E-state index contributed by atoms with van der Waals surface area (Å²) in [5.74, 6) is -1.34. The predicted octanol–water partition coefficient (Wildman–Crippen LogP) is 3.98. The molecule has 0 N–H and O–H groups in total. The molecule has 0 saturated heterocycles. The van der Waals surface area contributed by atoms with Crippen molar-refractivity contribution in [3.05, 3.63) is 29.1 Å². The van der Waals surface area contributed by atoms with E-state index in [9.17, 15) is 17.6 Å². The molecule has 0 aromatic heterocycles. The van der Waals surface area contributed by atoms with E-state index in [1.54, 1.807) is 13.8 Å². The summed E-state index contributed by atoms with van der Waals surface area (Å²) in [5, 5.41) is 0. The third kappa shape index (κ3) is 2.46. The van der Waals surface area contributed by atoms with Crippen molar-refractivity contribution >= 4 is 0 Å². The van der Waals surface area contributed by atoms with Gasteiger partial charge in [-0.05, 0) is 17.5 Å². The normalized spacial score (nSPS) is 12.0. The molecule has 1 nitrogen and oxygen atoms in total. The van der Waals surface area contributed by atoms with Gasteiger partial charge in [0.15, 0.2) is 0 Å². The maximum absolute atomic E-state index is 13.2. The molecular formula is C11H12F4O. The van der Waals surface area contributed by atoms with Gasteiger partial charge in [-0.2, -0.15) is 13.2 Å². The highest BCUT2D eigenvalue weighted by atomic mass is 19.4. The standard InChI is InChI=1S/C11H12F4O/c1-6(2)7-4-8(11(13,14)15)9(12)5-10(7)16-3/h4-6H,1-3H3. The van der Waals surface area contributed by atoms with Crippen LogP contribution in [0.2, 0.25) is 0 Å². The van der Waals surface area contributed by atoms with Crippen LogP contribution in [0, 0.1) is 5.82 Å². The number of hydrogen-bond acceptors (Lipinski definition) is 1. The molecular weight excluding hydrogens is 224 g/mol. The van der Waals surface area contributed by atoms with E-state index in [-0.39, 0.29) is 11.7 Å². The summed E-state index contributed by atoms with van der Waals surface area (Å²) >= 11 is 0. The topological polar surface area (TPSA) is 9.23 Å². The first-order valence-electron chi connectivity index (χ1n) is 4.72. The summed E-state index contributed by atoms with van der Waals surface area (Å²) < 4.78 is 55.4. The second-order valence-electron chi connectivity index (χ2n) is 3.73. The number of alkyl halides is 3. The van der Waals surface area contributed by atoms with Gasteiger partial charge in [-0.3, -0.25) is 0 Å². The van der Waals surface area contributed by atoms with Crippen LogP contribution >= 0.6 is 0 Å². The molecule has 90 valence electrons. The van der Waals surface area contributed by atoms with Crippen molar-refractivity contribution < 1.29 is 22.3 Å². The fourth-order valence-corrected chi connectivity index (χ4v) is 1.42. The van der Waals surface area contributed by atoms with Crippen molar-refractivity contribution in [1.29, 1.82) is 0 Å². The molecule has 5 heteroatoms. The van der Waals surface area contributed by atoms with Crippen LogP contribution in [0.15, 0.2) is 12.1 Å². The van der Waals surface area contributed by atoms with Gasteiger partial charge in [0.2, 0.25) is 0 Å². The Kier molecular flexibility index (Phi) is 3.45. The molecule has 0 unspecified atom stereocenters. The molecule has 0 aliphatic rings. The molecule has 0 aliphatic carbocycles. The lowest BCUT2D eigenvalue weighted by molar-refractivity contribution is -0.140. The monoisotopic (exact) mass is 236 g/mol. The number of methoxy groups -OCH3 is 1. The molecule has 0 saturated carbocycles. The summed E-state index contributed by atoms with van der Waals surface area (Å²) in [6.45, 7) is 3.44. The highest BCUT2D eigenvalue weighted by molar-refractivity contribution is 5.41. The number of halogens is 4. The maximum Gasteiger partial charge on any atom is 0.419 e. The van der Waals surface area contributed by atoms with E-state index in [1.165, 1.54) is 7.11 Å². The number of hydrogen-bond donors (Lipinski definition) is 0. The molecule has 0 amide bonds. The Morgan fingerprint density at radius 1 is 1.19 bits per heavy atom. The van der Waals surface area contributed by atoms with Crippen LogP contribution < -0.4 is 4.74 Å². The Morgan fingerprint density at radius 2 is 1.75 bits per heavy atom. The predicted molar refractivity (Wildman–Crippen MR) is 52.0 cm³/mol. The van der Waals surface area contributed by atoms with Gasteiger partial charge in [-0.1, -0.05) is 13.8 Å². The Morgan fingerprint density at radius 3 is 2.12 bits per heavy atom. The fraction of sp³-hybridized carbons (Fsp3) is 0.455. The van der Waals surface area contributed by atoms with E-state index < -0.39 is 17.6 Å². The zero-order chi connectivity index (χ0) is 12.5. The Balaban J connectivity index is 3.39. The molecule has 0 heterocycles. The molecule has 1 aromatic carbocycles. The van der Waals surface area contributed by atoms with Crippen molar-refractivity contribution in [3.8, 4) is 5.75 Å². The van der Waals surface area contributed by atoms with Gasteiger partial charge >= 0.3 is 6.18 Å². The van der Waals surface area contributed by atoms with Crippen LogP contribution in [0.4, 0.5) is 17.6 Å². The van der Waals surface area contributed by atoms with E-state index >= 15 is 0 Å². The number of rotatable bonds is 2. The highest BCUT2D eigenvalue weighted by Gasteiger charge is 2.35. The Labute approximate surface area is 91.0 Å². The molecule has 16 heavy (non-hydrogen) atoms. The second-order valence-corrected chi connectivity index (χ2v) is 3.73. The van der Waals surface area contributed by atoms with E-state index in [2.05, 4.69) is 0 Å². The quantitative estimate of drug-likeness (QED) is 0.706. The summed E-state index contributed by atoms with van der Waals surface area (Å²) in [5.41, 5.74) is -0.909. The van der Waals surface area contributed by atoms with Crippen LogP contribution in [0.25, 0.3) is 0 Å². The first-order chi connectivity index (χ1) is 7.27. The smallest absolute Gasteiger partial charge is 0.419 e. The van der Waals surface area contributed by atoms with Crippen molar-refractivity contribution in [3.63, 3.8) is 0 Å². The van der Waals surface area contributed by atoms with Gasteiger partial charge in [0, 0.05) is 6.07 Å². The SMILES string of the molecule is COc1cc(F)c(C(F)(F)F)cc1C(C)C. The lowest BCUT2D eigenvalue weighted by Crippen LogP contribution is -2.10. The van der Waals surface area contributed by atoms with Crippen LogP contribution in [0.5, 0.6) is 5.75 Å². The third-order valence-corrected chi connectivity index (χ3v) is 2.25. The zero-order valence-electron chi connectivity index (χ0n) is 9.15. The van der Waals surface area contributed by atoms with Crippen LogP contribution in [-0.4, -0.2) is 7.11 Å². The largest absolute Gasteiger partial charge is 0.496 e. The average Bonchev–Trinajstić information content (AvgIpc) is 2.14. The lowest BCUT2D eigenvalue weighted by atomic mass is 9.99. The molecule has 0 aliphatic heterocycles. The minimum absolute atomic E-state index is 0.139. The molecule has 0 radical (unpaired) electrons. The van der Waals surface area contributed by atoms with E-state index in [0.717, 1.165) is 12.1 Å². The Hall–Kier alpha value is -1.26. The van der Waals surface area contributed by atoms with E-state index in [1.807, 2.05) is 0 Å². The maximum atomic E-state index is 13.2. The summed E-state index contributed by atoms with van der Waals surface area (Å²) in [7, 11) is 1.30. The fourth-order valence-electron chi connectivity index (χ4n) is 1.42. The molecule has 0 fully saturated rings. The summed E-state index contributed by atoms with van der Waals surface area (Å²) in [6, 6.07) is 1.58. The molecule has 0 bridgehead atoms. The molecule has 1 rings (SSSR count). The number of ether oxygens (including phenoxy) is 1. The minimum Gasteiger partial charge on any atom is -0.496 e. The summed E-state index contributed by atoms with van der Waals surface area (Å²) in [4.78, 5) is 0. The van der Waals surface area contributed by atoms with Crippen LogP contribution in [0.3, 0.4) is 0 Å². The van der Waals surface area contributed by atoms with Crippen molar-refractivity contribution in [2.24, 2.45) is 0 Å². The van der Waals surface area contributed by atoms with Gasteiger partial charge in [0.1, 0.15) is 11.6 Å². The third-order valence-electron chi connectivity index (χ3n) is 2.25. The first kappa shape index (κ1) is 12.8. The molecule has 1 aromatic rings. The Bertz CT molecular complexity index is 382. The van der Waals surface area contributed by atoms with Crippen LogP contribution in [0.1, 0.15) is 30.9 Å². The molecule has 0 atom stereocenters. The highest BCUT2D eigenvalue weighted by Crippen LogP contribution is 2.37. The van der Waals surface area contributed by atoms with Gasteiger partial charge in [0.05, 0.1) is 12.7 Å². The van der Waals surface area contributed by atoms with Gasteiger partial charge < -0.3 is 4.74 Å². The second kappa shape index (κ2) is 4.31. The zero-order valence-corrected chi connectivity index (χ0v) is 9.15. The van der Waals surface area contributed by atoms with Crippen LogP contribution in [-0.2, 0) is 6.18 Å². The van der Waals surface area contributed by atoms with E-state index in [4.69, 9.17) is 4.74 Å². The minimum atomic E-state index is -4.68. The lowest BCUT2D eigenvalue weighted by Gasteiger charge is -2.15. The van der Waals surface area contributed by atoms with Crippen molar-refractivity contribution in [2.45, 2.75) is 25.9 Å². The molecule has 0 spiro atoms. The van der Waals surface area contributed by atoms with Gasteiger partial charge in [-0.25, -0.2) is 4.39 Å². The van der Waals surface area contributed by atoms with Crippen molar-refractivity contribution in [1.82, 2.24) is 0 Å². The number of benzene rings is 1. The van der Waals surface area contributed by atoms with E-state index in [0.29, 0.717) is 5.56 Å². The van der Waals surface area contributed by atoms with Gasteiger partial charge in [0.25, 0.3) is 0 Å². The summed E-state index contributed by atoms with van der Waals surface area (Å²) in [6.07, 6.45) is -4.68. The average molecular weight is 236 g/mol. The first-order valence-corrected chi connectivity index (χ1v) is 4.72. The van der Waals surface area contributed by atoms with Crippen molar-refractivity contribution in [2.75, 3.05) is 7.11 Å².